The van der Waals surface area contributed by atoms with E-state index in [4.69, 9.17) is 12.2 Å². The molecule has 0 aromatic heterocycles. The van der Waals surface area contributed by atoms with Crippen LogP contribution in [0.15, 0.2) is 24.3 Å². The lowest BCUT2D eigenvalue weighted by atomic mass is 9.83. The molecule has 0 atom stereocenters. The molecular weight excluding hydrogens is 276 g/mol. The van der Waals surface area contributed by atoms with E-state index in [0.717, 1.165) is 11.6 Å². The first kappa shape index (κ1) is 12.6. The monoisotopic (exact) mass is 286 g/mol. The van der Waals surface area contributed by atoms with Gasteiger partial charge < -0.3 is 15.3 Å². The maximum atomic E-state index is 12.5. The number of rotatable bonds is 0. The Labute approximate surface area is 119 Å². The summed E-state index contributed by atoms with van der Waals surface area (Å²) < 4.78 is 0. The number of aromatic hydroxyl groups is 3. The lowest BCUT2D eigenvalue weighted by molar-refractivity contribution is 0.103. The molecule has 0 amide bonds. The van der Waals surface area contributed by atoms with Crippen molar-refractivity contribution < 1.29 is 20.1 Å². The van der Waals surface area contributed by atoms with E-state index in [1.165, 1.54) is 12.1 Å². The van der Waals surface area contributed by atoms with E-state index >= 15 is 0 Å². The molecule has 0 radical (unpaired) electrons. The number of phenolic OH excluding ortho intramolecular Hbond substituents is 3. The Hall–Kier alpha value is -2.40. The van der Waals surface area contributed by atoms with Crippen LogP contribution in [0, 0.1) is 6.92 Å². The van der Waals surface area contributed by atoms with Gasteiger partial charge in [-0.2, -0.15) is 0 Å². The molecule has 0 saturated carbocycles. The van der Waals surface area contributed by atoms with Crippen LogP contribution < -0.4 is 0 Å². The number of carbonyl (C=O) groups is 1. The molecule has 2 aromatic carbocycles. The van der Waals surface area contributed by atoms with Gasteiger partial charge in [-0.3, -0.25) is 4.79 Å². The van der Waals surface area contributed by atoms with Crippen LogP contribution in [0.3, 0.4) is 0 Å². The number of aryl methyl sites for hydroxylation is 1. The SMILES string of the molecule is Cc1cc(O)c2c(c1)C(=O)c1cc(O)cc(O)c1C2=S. The molecule has 4 nitrogen and oxygen atoms in total. The molecule has 0 unspecified atom stereocenters. The van der Waals surface area contributed by atoms with Gasteiger partial charge in [-0.1, -0.05) is 12.2 Å². The quantitative estimate of drug-likeness (QED) is 0.553. The van der Waals surface area contributed by atoms with E-state index in [2.05, 4.69) is 0 Å². The molecule has 100 valence electrons. The van der Waals surface area contributed by atoms with Crippen molar-refractivity contribution in [3.8, 4) is 17.2 Å². The molecule has 20 heavy (non-hydrogen) atoms. The molecular formula is C15H10O4S. The first-order chi connectivity index (χ1) is 9.40. The van der Waals surface area contributed by atoms with Gasteiger partial charge in [0.25, 0.3) is 0 Å². The maximum absolute atomic E-state index is 12.5. The number of ketones is 1. The molecule has 0 spiro atoms. The predicted octanol–water partition coefficient (Wildman–Crippen LogP) is 2.42. The number of fused-ring (bicyclic) bond motifs is 2. The van der Waals surface area contributed by atoms with Gasteiger partial charge in [0.2, 0.25) is 0 Å². The van der Waals surface area contributed by atoms with Gasteiger partial charge >= 0.3 is 0 Å². The van der Waals surface area contributed by atoms with Crippen LogP contribution in [0.2, 0.25) is 0 Å². The van der Waals surface area contributed by atoms with E-state index in [1.54, 1.807) is 13.0 Å². The predicted molar refractivity (Wildman–Crippen MR) is 76.8 cm³/mol. The highest BCUT2D eigenvalue weighted by Gasteiger charge is 2.32. The lowest BCUT2D eigenvalue weighted by Gasteiger charge is -2.22. The van der Waals surface area contributed by atoms with Crippen molar-refractivity contribution in [3.63, 3.8) is 0 Å². The number of hydrogen-bond acceptors (Lipinski definition) is 5. The summed E-state index contributed by atoms with van der Waals surface area (Å²) in [6, 6.07) is 5.54. The molecule has 1 aliphatic rings. The highest BCUT2D eigenvalue weighted by Crippen LogP contribution is 2.39. The summed E-state index contributed by atoms with van der Waals surface area (Å²) in [5, 5.41) is 29.5. The van der Waals surface area contributed by atoms with Crippen molar-refractivity contribution in [3.05, 3.63) is 52.1 Å². The normalized spacial score (nSPS) is 13.1. The van der Waals surface area contributed by atoms with Crippen LogP contribution in [-0.2, 0) is 0 Å². The van der Waals surface area contributed by atoms with Crippen LogP contribution in [0.1, 0.15) is 32.6 Å². The van der Waals surface area contributed by atoms with E-state index < -0.39 is 0 Å². The van der Waals surface area contributed by atoms with Gasteiger partial charge in [-0.15, -0.1) is 0 Å². The second kappa shape index (κ2) is 4.05. The molecule has 0 fully saturated rings. The van der Waals surface area contributed by atoms with Crippen molar-refractivity contribution in [2.45, 2.75) is 6.92 Å². The Bertz CT molecular complexity index is 729. The molecule has 5 heteroatoms. The van der Waals surface area contributed by atoms with Crippen molar-refractivity contribution in [1.82, 2.24) is 0 Å². The third-order valence-electron chi connectivity index (χ3n) is 3.31. The summed E-state index contributed by atoms with van der Waals surface area (Å²) in [7, 11) is 0. The fourth-order valence-electron chi connectivity index (χ4n) is 2.48. The molecule has 1 aliphatic carbocycles. The average molecular weight is 286 g/mol. The number of carbonyl (C=O) groups excluding carboxylic acids is 1. The minimum Gasteiger partial charge on any atom is -0.508 e. The standard InChI is InChI=1S/C15H10O4S/c1-6-2-8-12(10(17)3-6)15(20)13-9(14(8)19)4-7(16)5-11(13)18/h2-5,16-18H,1H3. The van der Waals surface area contributed by atoms with Crippen LogP contribution in [0.5, 0.6) is 17.2 Å². The summed E-state index contributed by atoms with van der Waals surface area (Å²) in [5.74, 6) is -0.952. The summed E-state index contributed by atoms with van der Waals surface area (Å²) in [6.45, 7) is 1.76. The van der Waals surface area contributed by atoms with E-state index in [-0.39, 0.29) is 50.2 Å². The minimum absolute atomic E-state index is 0.0866. The highest BCUT2D eigenvalue weighted by atomic mass is 32.1. The first-order valence-electron chi connectivity index (χ1n) is 5.89. The zero-order chi connectivity index (χ0) is 14.6. The Balaban J connectivity index is 2.40. The smallest absolute Gasteiger partial charge is 0.194 e. The van der Waals surface area contributed by atoms with Gasteiger partial charge in [-0.25, -0.2) is 0 Å². The fourth-order valence-corrected chi connectivity index (χ4v) is 2.91. The molecule has 0 bridgehead atoms. The molecule has 0 aliphatic heterocycles. The number of benzene rings is 2. The second-order valence-corrected chi connectivity index (χ2v) is 5.16. The summed E-state index contributed by atoms with van der Waals surface area (Å²) >= 11 is 5.28. The highest BCUT2D eigenvalue weighted by molar-refractivity contribution is 7.81. The average Bonchev–Trinajstić information content (AvgIpc) is 2.34. The molecule has 0 saturated heterocycles. The van der Waals surface area contributed by atoms with Gasteiger partial charge in [0.1, 0.15) is 17.2 Å². The third-order valence-corrected chi connectivity index (χ3v) is 3.72. The second-order valence-electron chi connectivity index (χ2n) is 4.75. The Morgan fingerprint density at radius 2 is 1.45 bits per heavy atom. The Morgan fingerprint density at radius 1 is 0.900 bits per heavy atom. The molecule has 3 N–H and O–H groups in total. The van der Waals surface area contributed by atoms with Crippen LogP contribution in [0.25, 0.3) is 0 Å². The van der Waals surface area contributed by atoms with Crippen molar-refractivity contribution in [2.75, 3.05) is 0 Å². The molecule has 0 heterocycles. The third kappa shape index (κ3) is 1.60. The minimum atomic E-state index is -0.381. The van der Waals surface area contributed by atoms with Crippen molar-refractivity contribution in [1.29, 1.82) is 0 Å². The van der Waals surface area contributed by atoms with E-state index in [0.29, 0.717) is 0 Å². The van der Waals surface area contributed by atoms with E-state index in [1.807, 2.05) is 0 Å². The topological polar surface area (TPSA) is 77.8 Å². The largest absolute Gasteiger partial charge is 0.508 e. The van der Waals surface area contributed by atoms with Gasteiger partial charge in [-0.05, 0) is 30.7 Å². The lowest BCUT2D eigenvalue weighted by Crippen LogP contribution is -2.20. The van der Waals surface area contributed by atoms with Crippen molar-refractivity contribution >= 4 is 22.9 Å². The summed E-state index contributed by atoms with van der Waals surface area (Å²) in [6.07, 6.45) is 0. The van der Waals surface area contributed by atoms with Gasteiger partial charge in [0.15, 0.2) is 5.78 Å². The summed E-state index contributed by atoms with van der Waals surface area (Å²) in [5.41, 5.74) is 1.58. The zero-order valence-corrected chi connectivity index (χ0v) is 11.3. The fraction of sp³-hybridized carbons (Fsp3) is 0.0667. The Morgan fingerprint density at radius 3 is 2.10 bits per heavy atom. The molecule has 3 rings (SSSR count). The number of phenols is 3. The van der Waals surface area contributed by atoms with Gasteiger partial charge in [0, 0.05) is 28.3 Å². The van der Waals surface area contributed by atoms with Gasteiger partial charge in [0.05, 0.1) is 4.86 Å². The maximum Gasteiger partial charge on any atom is 0.194 e. The summed E-state index contributed by atoms with van der Waals surface area (Å²) in [4.78, 5) is 12.7. The van der Waals surface area contributed by atoms with E-state index in [9.17, 15) is 20.1 Å². The van der Waals surface area contributed by atoms with Crippen LogP contribution in [-0.4, -0.2) is 26.0 Å². The zero-order valence-electron chi connectivity index (χ0n) is 10.5. The molecule has 2 aromatic rings. The number of hydrogen-bond donors (Lipinski definition) is 3. The van der Waals surface area contributed by atoms with Crippen molar-refractivity contribution in [2.24, 2.45) is 0 Å². The number of thiocarbonyl (C=S) groups is 1. The first-order valence-corrected chi connectivity index (χ1v) is 6.30. The Kier molecular flexibility index (Phi) is 2.55. The van der Waals surface area contributed by atoms with Crippen LogP contribution in [0.4, 0.5) is 0 Å². The van der Waals surface area contributed by atoms with Crippen LogP contribution >= 0.6 is 12.2 Å².